The van der Waals surface area contributed by atoms with Crippen LogP contribution >= 0.6 is 11.8 Å². The Morgan fingerprint density at radius 3 is 3.27 bits per heavy atom. The summed E-state index contributed by atoms with van der Waals surface area (Å²) in [5, 5.41) is 0. The zero-order chi connectivity index (χ0) is 7.68. The maximum Gasteiger partial charge on any atom is 0.232 e. The first kappa shape index (κ1) is 7.47. The number of hydrogen-bond donors (Lipinski definition) is 0. The van der Waals surface area contributed by atoms with Gasteiger partial charge in [0.2, 0.25) is 5.91 Å². The molecule has 62 valence electrons. The number of carbonyl (C=O) groups is 1. The molecular formula is C8H13NOS. The van der Waals surface area contributed by atoms with Gasteiger partial charge in [-0.3, -0.25) is 4.79 Å². The third-order valence-electron chi connectivity index (χ3n) is 2.52. The maximum absolute atomic E-state index is 11.4. The van der Waals surface area contributed by atoms with Crippen molar-refractivity contribution in [1.29, 1.82) is 0 Å². The highest BCUT2D eigenvalue weighted by atomic mass is 32.2. The number of amides is 1. The molecule has 0 spiro atoms. The minimum Gasteiger partial charge on any atom is -0.339 e. The molecule has 0 aromatic rings. The maximum atomic E-state index is 11.4. The summed E-state index contributed by atoms with van der Waals surface area (Å²) in [6, 6.07) is 0.595. The van der Waals surface area contributed by atoms with Crippen LogP contribution in [0.4, 0.5) is 0 Å². The van der Waals surface area contributed by atoms with E-state index in [2.05, 4.69) is 4.90 Å². The van der Waals surface area contributed by atoms with Gasteiger partial charge in [-0.1, -0.05) is 0 Å². The summed E-state index contributed by atoms with van der Waals surface area (Å²) in [7, 11) is 0. The van der Waals surface area contributed by atoms with Crippen LogP contribution < -0.4 is 0 Å². The molecule has 0 aromatic heterocycles. The van der Waals surface area contributed by atoms with Gasteiger partial charge in [-0.05, 0) is 25.0 Å². The number of thioether (sulfide) groups is 1. The van der Waals surface area contributed by atoms with Gasteiger partial charge in [0, 0.05) is 12.6 Å². The number of fused-ring (bicyclic) bond motifs is 1. The van der Waals surface area contributed by atoms with E-state index in [-0.39, 0.29) is 0 Å². The third kappa shape index (κ3) is 1.39. The molecule has 0 aromatic carbocycles. The van der Waals surface area contributed by atoms with Gasteiger partial charge in [0.05, 0.1) is 5.75 Å². The Labute approximate surface area is 71.3 Å². The molecule has 2 aliphatic rings. The quantitative estimate of drug-likeness (QED) is 0.544. The largest absolute Gasteiger partial charge is 0.339 e. The predicted octanol–water partition coefficient (Wildman–Crippen LogP) is 1.11. The predicted molar refractivity (Wildman–Crippen MR) is 46.7 cm³/mol. The van der Waals surface area contributed by atoms with Crippen LogP contribution in [0.3, 0.4) is 0 Å². The van der Waals surface area contributed by atoms with Crippen molar-refractivity contribution in [2.75, 3.05) is 18.1 Å². The van der Waals surface area contributed by atoms with Crippen LogP contribution in [0.25, 0.3) is 0 Å². The second-order valence-corrected chi connectivity index (χ2v) is 4.33. The number of carbonyl (C=O) groups excluding carboxylic acids is 1. The second kappa shape index (κ2) is 3.05. The Balaban J connectivity index is 2.09. The summed E-state index contributed by atoms with van der Waals surface area (Å²) in [4.78, 5) is 13.5. The Morgan fingerprint density at radius 2 is 2.36 bits per heavy atom. The van der Waals surface area contributed by atoms with Crippen molar-refractivity contribution in [2.45, 2.75) is 25.3 Å². The van der Waals surface area contributed by atoms with Crippen molar-refractivity contribution in [3.8, 4) is 0 Å². The number of hydrogen-bond acceptors (Lipinski definition) is 2. The molecule has 0 unspecified atom stereocenters. The summed E-state index contributed by atoms with van der Waals surface area (Å²) in [5.74, 6) is 2.26. The van der Waals surface area contributed by atoms with Gasteiger partial charge in [0.1, 0.15) is 0 Å². The number of nitrogens with zero attached hydrogens (tertiary/aromatic N) is 1. The molecule has 11 heavy (non-hydrogen) atoms. The molecule has 0 bridgehead atoms. The summed E-state index contributed by atoms with van der Waals surface area (Å²) >= 11 is 1.79. The SMILES string of the molecule is O=C1CSCC[C@@H]2CCCN12. The average molecular weight is 171 g/mol. The Bertz CT molecular complexity index is 171. The highest BCUT2D eigenvalue weighted by Gasteiger charge is 2.29. The highest BCUT2D eigenvalue weighted by Crippen LogP contribution is 2.25. The van der Waals surface area contributed by atoms with Crippen molar-refractivity contribution >= 4 is 17.7 Å². The summed E-state index contributed by atoms with van der Waals surface area (Å²) in [6.07, 6.45) is 3.68. The van der Waals surface area contributed by atoms with Crippen LogP contribution in [0.5, 0.6) is 0 Å². The first-order valence-corrected chi connectivity index (χ1v) is 5.40. The van der Waals surface area contributed by atoms with Crippen molar-refractivity contribution in [1.82, 2.24) is 4.90 Å². The van der Waals surface area contributed by atoms with Crippen LogP contribution in [0.15, 0.2) is 0 Å². The molecule has 2 fully saturated rings. The molecule has 0 saturated carbocycles. The Morgan fingerprint density at radius 1 is 1.45 bits per heavy atom. The lowest BCUT2D eigenvalue weighted by atomic mass is 10.2. The van der Waals surface area contributed by atoms with Crippen molar-refractivity contribution in [3.05, 3.63) is 0 Å². The van der Waals surface area contributed by atoms with E-state index in [1.807, 2.05) is 0 Å². The smallest absolute Gasteiger partial charge is 0.232 e. The van der Waals surface area contributed by atoms with E-state index in [9.17, 15) is 4.79 Å². The molecule has 1 atom stereocenters. The van der Waals surface area contributed by atoms with Crippen LogP contribution in [-0.2, 0) is 4.79 Å². The van der Waals surface area contributed by atoms with E-state index >= 15 is 0 Å². The fourth-order valence-corrected chi connectivity index (χ4v) is 2.85. The molecule has 0 aliphatic carbocycles. The summed E-state index contributed by atoms with van der Waals surface area (Å²) < 4.78 is 0. The number of rotatable bonds is 0. The van der Waals surface area contributed by atoms with Crippen LogP contribution in [0.2, 0.25) is 0 Å². The topological polar surface area (TPSA) is 20.3 Å². The normalized spacial score (nSPS) is 31.8. The zero-order valence-electron chi connectivity index (χ0n) is 6.58. The van der Waals surface area contributed by atoms with Crippen LogP contribution in [0.1, 0.15) is 19.3 Å². The molecule has 2 aliphatic heterocycles. The van der Waals surface area contributed by atoms with E-state index in [1.54, 1.807) is 11.8 Å². The lowest BCUT2D eigenvalue weighted by Crippen LogP contribution is -2.34. The summed E-state index contributed by atoms with van der Waals surface area (Å²) in [5.41, 5.74) is 0. The first-order valence-electron chi connectivity index (χ1n) is 4.25. The van der Waals surface area contributed by atoms with Gasteiger partial charge in [-0.2, -0.15) is 11.8 Å². The molecule has 2 saturated heterocycles. The van der Waals surface area contributed by atoms with Gasteiger partial charge in [-0.25, -0.2) is 0 Å². The monoisotopic (exact) mass is 171 g/mol. The first-order chi connectivity index (χ1) is 5.38. The standard InChI is InChI=1S/C8H13NOS/c10-8-6-11-5-3-7-2-1-4-9(7)8/h7H,1-6H2/t7-/m0/s1. The van der Waals surface area contributed by atoms with Gasteiger partial charge in [0.25, 0.3) is 0 Å². The highest BCUT2D eigenvalue weighted by molar-refractivity contribution is 7.99. The fraction of sp³-hybridized carbons (Fsp3) is 0.875. The van der Waals surface area contributed by atoms with Crippen LogP contribution in [0, 0.1) is 0 Å². The average Bonchev–Trinajstić information content (AvgIpc) is 2.40. The Kier molecular flexibility index (Phi) is 2.07. The van der Waals surface area contributed by atoms with Gasteiger partial charge >= 0.3 is 0 Å². The van der Waals surface area contributed by atoms with Crippen molar-refractivity contribution in [3.63, 3.8) is 0 Å². The minimum atomic E-state index is 0.370. The molecular weight excluding hydrogens is 158 g/mol. The fourth-order valence-electron chi connectivity index (χ4n) is 1.93. The lowest BCUT2D eigenvalue weighted by Gasteiger charge is -2.20. The minimum absolute atomic E-state index is 0.370. The molecule has 0 radical (unpaired) electrons. The molecule has 0 N–H and O–H groups in total. The Hall–Kier alpha value is -0.180. The molecule has 2 nitrogen and oxygen atoms in total. The molecule has 2 rings (SSSR count). The molecule has 1 amide bonds. The van der Waals surface area contributed by atoms with E-state index in [0.717, 1.165) is 12.3 Å². The van der Waals surface area contributed by atoms with Crippen molar-refractivity contribution < 1.29 is 4.79 Å². The van der Waals surface area contributed by atoms with Crippen LogP contribution in [-0.4, -0.2) is 34.9 Å². The summed E-state index contributed by atoms with van der Waals surface area (Å²) in [6.45, 7) is 1.02. The van der Waals surface area contributed by atoms with Crippen molar-refractivity contribution in [2.24, 2.45) is 0 Å². The van der Waals surface area contributed by atoms with E-state index in [1.165, 1.54) is 25.0 Å². The van der Waals surface area contributed by atoms with Gasteiger partial charge < -0.3 is 4.90 Å². The van der Waals surface area contributed by atoms with E-state index < -0.39 is 0 Å². The van der Waals surface area contributed by atoms with Gasteiger partial charge in [-0.15, -0.1) is 0 Å². The van der Waals surface area contributed by atoms with E-state index in [0.29, 0.717) is 11.9 Å². The second-order valence-electron chi connectivity index (χ2n) is 3.22. The molecule has 3 heteroatoms. The lowest BCUT2D eigenvalue weighted by molar-refractivity contribution is -0.128. The van der Waals surface area contributed by atoms with Gasteiger partial charge in [0.15, 0.2) is 0 Å². The van der Waals surface area contributed by atoms with E-state index in [4.69, 9.17) is 0 Å². The third-order valence-corrected chi connectivity index (χ3v) is 3.49. The zero-order valence-corrected chi connectivity index (χ0v) is 7.40. The molecule has 2 heterocycles.